The van der Waals surface area contributed by atoms with Crippen molar-refractivity contribution in [1.82, 2.24) is 15.3 Å². The molecule has 1 amide bonds. The van der Waals surface area contributed by atoms with E-state index >= 15 is 0 Å². The van der Waals surface area contributed by atoms with Gasteiger partial charge in [0.2, 0.25) is 5.91 Å². The van der Waals surface area contributed by atoms with E-state index in [1.807, 2.05) is 0 Å². The standard InChI is InChI=1S/C8H8Br2N4O/c9-5-3-12-7(6(10)13-5)14-8(15)4-1-11-2-4/h3-4,11H,1-2H2,(H,12,14,15). The zero-order valence-corrected chi connectivity index (χ0v) is 10.8. The minimum Gasteiger partial charge on any atom is -0.315 e. The van der Waals surface area contributed by atoms with Crippen LogP contribution in [0.4, 0.5) is 5.82 Å². The van der Waals surface area contributed by atoms with E-state index in [2.05, 4.69) is 52.5 Å². The van der Waals surface area contributed by atoms with Gasteiger partial charge in [-0.3, -0.25) is 4.79 Å². The molecule has 1 aliphatic heterocycles. The van der Waals surface area contributed by atoms with Gasteiger partial charge < -0.3 is 10.6 Å². The van der Waals surface area contributed by atoms with Crippen molar-refractivity contribution in [3.8, 4) is 0 Å². The highest BCUT2D eigenvalue weighted by atomic mass is 79.9. The van der Waals surface area contributed by atoms with E-state index in [-0.39, 0.29) is 11.8 Å². The van der Waals surface area contributed by atoms with Gasteiger partial charge in [0.15, 0.2) is 5.82 Å². The molecule has 0 aliphatic carbocycles. The van der Waals surface area contributed by atoms with Crippen molar-refractivity contribution in [3.05, 3.63) is 15.4 Å². The molecule has 0 atom stereocenters. The number of hydrogen-bond donors (Lipinski definition) is 2. The number of nitrogens with zero attached hydrogens (tertiary/aromatic N) is 2. The van der Waals surface area contributed by atoms with Crippen molar-refractivity contribution in [3.63, 3.8) is 0 Å². The predicted octanol–water partition coefficient (Wildman–Crippen LogP) is 1.16. The summed E-state index contributed by atoms with van der Waals surface area (Å²) in [6.07, 6.45) is 1.54. The summed E-state index contributed by atoms with van der Waals surface area (Å²) in [5.74, 6) is 0.475. The van der Waals surface area contributed by atoms with Gasteiger partial charge >= 0.3 is 0 Å². The number of amides is 1. The fraction of sp³-hybridized carbons (Fsp3) is 0.375. The van der Waals surface area contributed by atoms with Crippen LogP contribution in [0.25, 0.3) is 0 Å². The Morgan fingerprint density at radius 1 is 1.53 bits per heavy atom. The van der Waals surface area contributed by atoms with E-state index < -0.39 is 0 Å². The lowest BCUT2D eigenvalue weighted by Gasteiger charge is -2.25. The van der Waals surface area contributed by atoms with Gasteiger partial charge in [0.05, 0.1) is 12.1 Å². The van der Waals surface area contributed by atoms with Crippen molar-refractivity contribution < 1.29 is 4.79 Å². The lowest BCUT2D eigenvalue weighted by atomic mass is 10.0. The molecule has 2 rings (SSSR count). The minimum atomic E-state index is -0.0222. The Hall–Kier alpha value is -0.530. The molecule has 7 heteroatoms. The molecule has 1 aliphatic rings. The summed E-state index contributed by atoms with van der Waals surface area (Å²) in [5.41, 5.74) is 0. The largest absolute Gasteiger partial charge is 0.315 e. The number of halogens is 2. The molecule has 0 radical (unpaired) electrons. The molecular weight excluding hydrogens is 328 g/mol. The second-order valence-corrected chi connectivity index (χ2v) is 4.74. The first-order chi connectivity index (χ1) is 7.16. The summed E-state index contributed by atoms with van der Waals surface area (Å²) in [5, 5.41) is 5.75. The smallest absolute Gasteiger partial charge is 0.231 e. The van der Waals surface area contributed by atoms with Crippen LogP contribution in [-0.4, -0.2) is 29.0 Å². The maximum atomic E-state index is 11.6. The summed E-state index contributed by atoms with van der Waals surface area (Å²) in [6, 6.07) is 0. The van der Waals surface area contributed by atoms with E-state index in [0.717, 1.165) is 13.1 Å². The zero-order valence-electron chi connectivity index (χ0n) is 7.63. The predicted molar refractivity (Wildman–Crippen MR) is 62.4 cm³/mol. The number of rotatable bonds is 2. The summed E-state index contributed by atoms with van der Waals surface area (Å²) in [6.45, 7) is 1.46. The van der Waals surface area contributed by atoms with E-state index in [1.54, 1.807) is 6.20 Å². The Balaban J connectivity index is 2.06. The molecule has 1 aromatic rings. The number of hydrogen-bond acceptors (Lipinski definition) is 4. The fourth-order valence-electron chi connectivity index (χ4n) is 1.12. The molecule has 80 valence electrons. The number of carbonyl (C=O) groups is 1. The monoisotopic (exact) mass is 334 g/mol. The summed E-state index contributed by atoms with van der Waals surface area (Å²) in [7, 11) is 0. The van der Waals surface area contributed by atoms with Crippen LogP contribution >= 0.6 is 31.9 Å². The molecule has 1 saturated heterocycles. The quantitative estimate of drug-likeness (QED) is 0.851. The molecule has 2 heterocycles. The molecule has 2 N–H and O–H groups in total. The average molecular weight is 336 g/mol. The molecule has 0 saturated carbocycles. The Kier molecular flexibility index (Phi) is 3.32. The van der Waals surface area contributed by atoms with Crippen LogP contribution in [0.2, 0.25) is 0 Å². The van der Waals surface area contributed by atoms with Crippen LogP contribution in [0.1, 0.15) is 0 Å². The third-order valence-corrected chi connectivity index (χ3v) is 3.03. The molecule has 0 aromatic carbocycles. The Morgan fingerprint density at radius 3 is 2.80 bits per heavy atom. The second kappa shape index (κ2) is 4.54. The van der Waals surface area contributed by atoms with E-state index in [0.29, 0.717) is 15.0 Å². The molecule has 15 heavy (non-hydrogen) atoms. The molecule has 0 unspecified atom stereocenters. The number of carbonyl (C=O) groups excluding carboxylic acids is 1. The third kappa shape index (κ3) is 2.53. The highest BCUT2D eigenvalue weighted by Gasteiger charge is 2.25. The van der Waals surface area contributed by atoms with Crippen LogP contribution in [-0.2, 0) is 4.79 Å². The SMILES string of the molecule is O=C(Nc1ncc(Br)nc1Br)C1CNC1. The maximum Gasteiger partial charge on any atom is 0.231 e. The van der Waals surface area contributed by atoms with Crippen LogP contribution < -0.4 is 10.6 Å². The van der Waals surface area contributed by atoms with Crippen molar-refractivity contribution in [1.29, 1.82) is 0 Å². The summed E-state index contributed by atoms with van der Waals surface area (Å²) in [4.78, 5) is 19.7. The lowest BCUT2D eigenvalue weighted by Crippen LogP contribution is -2.48. The van der Waals surface area contributed by atoms with Gasteiger partial charge in [-0.25, -0.2) is 9.97 Å². The highest BCUT2D eigenvalue weighted by molar-refractivity contribution is 9.11. The van der Waals surface area contributed by atoms with Crippen LogP contribution in [0.3, 0.4) is 0 Å². The Labute approximate surface area is 103 Å². The molecule has 1 aromatic heterocycles. The normalized spacial score (nSPS) is 15.9. The number of nitrogens with one attached hydrogen (secondary N) is 2. The van der Waals surface area contributed by atoms with Gasteiger partial charge in [-0.1, -0.05) is 0 Å². The van der Waals surface area contributed by atoms with Gasteiger partial charge in [-0.05, 0) is 31.9 Å². The Bertz CT molecular complexity index is 394. The zero-order chi connectivity index (χ0) is 10.8. The molecule has 5 nitrogen and oxygen atoms in total. The van der Waals surface area contributed by atoms with Crippen molar-refractivity contribution >= 4 is 43.6 Å². The van der Waals surface area contributed by atoms with Crippen LogP contribution in [0, 0.1) is 5.92 Å². The number of aromatic nitrogens is 2. The molecular formula is C8H8Br2N4O. The highest BCUT2D eigenvalue weighted by Crippen LogP contribution is 2.20. The van der Waals surface area contributed by atoms with Crippen molar-refractivity contribution in [2.75, 3.05) is 18.4 Å². The fourth-order valence-corrected chi connectivity index (χ4v) is 2.03. The van der Waals surface area contributed by atoms with E-state index in [9.17, 15) is 4.79 Å². The molecule has 0 bridgehead atoms. The van der Waals surface area contributed by atoms with Gasteiger partial charge in [0.25, 0.3) is 0 Å². The molecule has 0 spiro atoms. The first kappa shape index (κ1) is 11.0. The Morgan fingerprint density at radius 2 is 2.27 bits per heavy atom. The number of anilines is 1. The topological polar surface area (TPSA) is 66.9 Å². The first-order valence-corrected chi connectivity index (χ1v) is 5.95. The van der Waals surface area contributed by atoms with E-state index in [4.69, 9.17) is 0 Å². The summed E-state index contributed by atoms with van der Waals surface area (Å²) >= 11 is 6.42. The summed E-state index contributed by atoms with van der Waals surface area (Å²) < 4.78 is 1.15. The van der Waals surface area contributed by atoms with Crippen LogP contribution in [0.5, 0.6) is 0 Å². The second-order valence-electron chi connectivity index (χ2n) is 3.18. The van der Waals surface area contributed by atoms with E-state index in [1.165, 1.54) is 0 Å². The molecule has 1 fully saturated rings. The lowest BCUT2D eigenvalue weighted by molar-refractivity contribution is -0.121. The maximum absolute atomic E-state index is 11.6. The third-order valence-electron chi connectivity index (χ3n) is 2.09. The minimum absolute atomic E-state index is 0.0222. The van der Waals surface area contributed by atoms with Gasteiger partial charge in [0.1, 0.15) is 9.21 Å². The average Bonchev–Trinajstić information content (AvgIpc) is 2.07. The first-order valence-electron chi connectivity index (χ1n) is 4.36. The van der Waals surface area contributed by atoms with Crippen LogP contribution in [0.15, 0.2) is 15.4 Å². The van der Waals surface area contributed by atoms with Gasteiger partial charge in [-0.2, -0.15) is 0 Å². The van der Waals surface area contributed by atoms with Crippen molar-refractivity contribution in [2.45, 2.75) is 0 Å². The van der Waals surface area contributed by atoms with Crippen molar-refractivity contribution in [2.24, 2.45) is 5.92 Å². The van der Waals surface area contributed by atoms with Gasteiger partial charge in [-0.15, -0.1) is 0 Å². The van der Waals surface area contributed by atoms with Gasteiger partial charge in [0, 0.05) is 13.1 Å².